The summed E-state index contributed by atoms with van der Waals surface area (Å²) in [5, 5.41) is 11.3. The molecular formula is C16H12N4O3S. The van der Waals surface area contributed by atoms with Gasteiger partial charge in [0.25, 0.3) is 5.91 Å². The maximum absolute atomic E-state index is 11.8. The van der Waals surface area contributed by atoms with Gasteiger partial charge in [0.1, 0.15) is 6.20 Å². The lowest BCUT2D eigenvalue weighted by atomic mass is 10.1. The molecule has 0 saturated heterocycles. The molecule has 0 unspecified atom stereocenters. The maximum atomic E-state index is 11.8. The first-order valence-electron chi connectivity index (χ1n) is 6.92. The fourth-order valence-corrected chi connectivity index (χ4v) is 3.02. The lowest BCUT2D eigenvalue weighted by Gasteiger charge is -2.23. The lowest BCUT2D eigenvalue weighted by molar-refractivity contribution is -0.380. The molecule has 0 saturated carbocycles. The van der Waals surface area contributed by atoms with E-state index < -0.39 is 10.8 Å². The Labute approximate surface area is 141 Å². The molecule has 1 amide bonds. The molecule has 120 valence electrons. The maximum Gasteiger partial charge on any atom is 0.345 e. The monoisotopic (exact) mass is 340 g/mol. The average molecular weight is 340 g/mol. The highest BCUT2D eigenvalue weighted by atomic mass is 32.1. The van der Waals surface area contributed by atoms with Crippen molar-refractivity contribution in [3.63, 3.8) is 0 Å². The molecule has 7 nitrogen and oxygen atoms in total. The number of carbonyl (C=O) groups is 1. The van der Waals surface area contributed by atoms with Gasteiger partial charge in [-0.25, -0.2) is 4.98 Å². The molecule has 0 fully saturated rings. The van der Waals surface area contributed by atoms with Crippen molar-refractivity contribution in [1.82, 2.24) is 4.98 Å². The van der Waals surface area contributed by atoms with Crippen molar-refractivity contribution in [1.29, 1.82) is 0 Å². The molecule has 0 spiro atoms. The first-order chi connectivity index (χ1) is 11.6. The predicted octanol–water partition coefficient (Wildman–Crippen LogP) is 3.62. The molecule has 2 aromatic carbocycles. The topological polar surface area (TPSA) is 102 Å². The Morgan fingerprint density at radius 2 is 1.79 bits per heavy atom. The van der Waals surface area contributed by atoms with E-state index in [1.807, 2.05) is 30.3 Å². The Bertz CT molecular complexity index is 895. The summed E-state index contributed by atoms with van der Waals surface area (Å²) in [5.41, 5.74) is 7.01. The quantitative estimate of drug-likeness (QED) is 0.564. The zero-order valence-electron chi connectivity index (χ0n) is 12.3. The molecule has 0 aliphatic heterocycles. The van der Waals surface area contributed by atoms with E-state index in [4.69, 9.17) is 5.73 Å². The van der Waals surface area contributed by atoms with Crippen molar-refractivity contribution in [3.8, 4) is 0 Å². The first kappa shape index (κ1) is 15.6. The molecule has 1 heterocycles. The summed E-state index contributed by atoms with van der Waals surface area (Å²) >= 11 is 0.923. The van der Waals surface area contributed by atoms with Gasteiger partial charge in [-0.15, -0.1) is 0 Å². The Morgan fingerprint density at radius 3 is 2.42 bits per heavy atom. The third-order valence-corrected chi connectivity index (χ3v) is 4.21. The van der Waals surface area contributed by atoms with Crippen LogP contribution in [0.1, 0.15) is 10.4 Å². The summed E-state index contributed by atoms with van der Waals surface area (Å²) in [4.78, 5) is 28.1. The predicted molar refractivity (Wildman–Crippen MR) is 92.0 cm³/mol. The molecule has 1 aromatic heterocycles. The molecule has 0 aliphatic rings. The first-order valence-corrected chi connectivity index (χ1v) is 7.74. The van der Waals surface area contributed by atoms with Gasteiger partial charge in [-0.05, 0) is 35.6 Å². The Kier molecular flexibility index (Phi) is 4.21. The van der Waals surface area contributed by atoms with Crippen LogP contribution in [0.5, 0.6) is 0 Å². The number of carbonyl (C=O) groups excluding carboxylic acids is 1. The zero-order valence-corrected chi connectivity index (χ0v) is 13.1. The number of aromatic nitrogens is 1. The molecule has 8 heteroatoms. The van der Waals surface area contributed by atoms with Crippen molar-refractivity contribution in [2.45, 2.75) is 0 Å². The molecule has 0 bridgehead atoms. The lowest BCUT2D eigenvalue weighted by Crippen LogP contribution is -2.18. The van der Waals surface area contributed by atoms with Gasteiger partial charge in [0, 0.05) is 5.69 Å². The Balaban J connectivity index is 2.20. The third-order valence-electron chi connectivity index (χ3n) is 3.28. The van der Waals surface area contributed by atoms with E-state index in [1.54, 1.807) is 29.2 Å². The van der Waals surface area contributed by atoms with E-state index in [-0.39, 0.29) is 5.00 Å². The van der Waals surface area contributed by atoms with Gasteiger partial charge in [0.2, 0.25) is 5.13 Å². The molecule has 3 rings (SSSR count). The number of amides is 1. The normalized spacial score (nSPS) is 10.3. The second-order valence-electron chi connectivity index (χ2n) is 4.79. The average Bonchev–Trinajstić information content (AvgIpc) is 3.06. The number of primary amides is 1. The van der Waals surface area contributed by atoms with Gasteiger partial charge in [-0.2, -0.15) is 0 Å². The van der Waals surface area contributed by atoms with Crippen LogP contribution in [0, 0.1) is 10.1 Å². The number of hydrogen-bond donors (Lipinski definition) is 1. The fraction of sp³-hybridized carbons (Fsp3) is 0. The van der Waals surface area contributed by atoms with Crippen molar-refractivity contribution in [3.05, 3.63) is 76.5 Å². The van der Waals surface area contributed by atoms with Crippen LogP contribution < -0.4 is 10.6 Å². The highest BCUT2D eigenvalue weighted by molar-refractivity contribution is 7.18. The van der Waals surface area contributed by atoms with E-state index in [2.05, 4.69) is 4.98 Å². The van der Waals surface area contributed by atoms with Crippen molar-refractivity contribution < 1.29 is 9.72 Å². The number of para-hydroxylation sites is 2. The summed E-state index contributed by atoms with van der Waals surface area (Å²) in [6, 6.07) is 16.0. The molecule has 0 radical (unpaired) electrons. The minimum absolute atomic E-state index is 0.0810. The van der Waals surface area contributed by atoms with Crippen LogP contribution in [-0.2, 0) is 0 Å². The number of anilines is 3. The van der Waals surface area contributed by atoms with Gasteiger partial charge < -0.3 is 5.73 Å². The number of nitrogens with zero attached hydrogens (tertiary/aromatic N) is 3. The molecular weight excluding hydrogens is 328 g/mol. The standard InChI is InChI=1S/C16H12N4O3S/c17-15(21)12-8-4-5-9-13(12)19(11-6-2-1-3-7-11)16-18-10-14(24-16)20(22)23/h1-10H,(H2,17,21). The SMILES string of the molecule is NC(=O)c1ccccc1N(c1ccccc1)c1ncc([N+](=O)[O-])s1. The van der Waals surface area contributed by atoms with E-state index in [9.17, 15) is 14.9 Å². The number of nitro groups is 1. The summed E-state index contributed by atoms with van der Waals surface area (Å²) < 4.78 is 0. The largest absolute Gasteiger partial charge is 0.366 e. The Morgan fingerprint density at radius 1 is 1.12 bits per heavy atom. The molecule has 24 heavy (non-hydrogen) atoms. The van der Waals surface area contributed by atoms with Crippen LogP contribution in [0.2, 0.25) is 0 Å². The number of rotatable bonds is 5. The fourth-order valence-electron chi connectivity index (χ4n) is 2.25. The van der Waals surface area contributed by atoms with E-state index in [0.717, 1.165) is 17.0 Å². The van der Waals surface area contributed by atoms with Crippen LogP contribution in [0.25, 0.3) is 0 Å². The van der Waals surface area contributed by atoms with Crippen LogP contribution in [-0.4, -0.2) is 15.8 Å². The van der Waals surface area contributed by atoms with E-state index in [0.29, 0.717) is 16.4 Å². The summed E-state index contributed by atoms with van der Waals surface area (Å²) in [6.07, 6.45) is 1.20. The summed E-state index contributed by atoms with van der Waals surface area (Å²) in [6.45, 7) is 0. The van der Waals surface area contributed by atoms with Gasteiger partial charge in [0.15, 0.2) is 0 Å². The second-order valence-corrected chi connectivity index (χ2v) is 5.78. The van der Waals surface area contributed by atoms with E-state index in [1.165, 1.54) is 6.20 Å². The minimum Gasteiger partial charge on any atom is -0.366 e. The van der Waals surface area contributed by atoms with Crippen LogP contribution in [0.4, 0.5) is 21.5 Å². The van der Waals surface area contributed by atoms with Gasteiger partial charge >= 0.3 is 5.00 Å². The number of thiazole rings is 1. The van der Waals surface area contributed by atoms with Crippen molar-refractivity contribution >= 4 is 38.8 Å². The second kappa shape index (κ2) is 6.47. The molecule has 0 atom stereocenters. The zero-order chi connectivity index (χ0) is 17.1. The highest BCUT2D eigenvalue weighted by Gasteiger charge is 2.23. The summed E-state index contributed by atoms with van der Waals surface area (Å²) in [7, 11) is 0. The number of benzene rings is 2. The van der Waals surface area contributed by atoms with Crippen LogP contribution in [0.3, 0.4) is 0 Å². The van der Waals surface area contributed by atoms with Crippen LogP contribution in [0.15, 0.2) is 60.8 Å². The molecule has 2 N–H and O–H groups in total. The van der Waals surface area contributed by atoms with Gasteiger partial charge in [-0.3, -0.25) is 19.8 Å². The Hall–Kier alpha value is -3.26. The molecule has 3 aromatic rings. The smallest absolute Gasteiger partial charge is 0.345 e. The highest BCUT2D eigenvalue weighted by Crippen LogP contribution is 2.40. The number of nitrogens with two attached hydrogens (primary N) is 1. The molecule has 0 aliphatic carbocycles. The van der Waals surface area contributed by atoms with Crippen LogP contribution >= 0.6 is 11.3 Å². The van der Waals surface area contributed by atoms with E-state index >= 15 is 0 Å². The minimum atomic E-state index is -0.586. The van der Waals surface area contributed by atoms with Gasteiger partial charge in [-0.1, -0.05) is 30.3 Å². The van der Waals surface area contributed by atoms with Crippen molar-refractivity contribution in [2.75, 3.05) is 4.90 Å². The van der Waals surface area contributed by atoms with Gasteiger partial charge in [0.05, 0.1) is 16.2 Å². The summed E-state index contributed by atoms with van der Waals surface area (Å²) in [5.74, 6) is -0.586. The number of hydrogen-bond acceptors (Lipinski definition) is 6. The third kappa shape index (κ3) is 2.95. The van der Waals surface area contributed by atoms with Crippen molar-refractivity contribution in [2.24, 2.45) is 5.73 Å².